The smallest absolute Gasteiger partial charge is 0.263 e. The van der Waals surface area contributed by atoms with E-state index in [4.69, 9.17) is 4.74 Å². The Labute approximate surface area is 158 Å². The number of rotatable bonds is 7. The van der Waals surface area contributed by atoms with Crippen LogP contribution in [0.4, 0.5) is 5.69 Å². The molecule has 0 fully saturated rings. The van der Waals surface area contributed by atoms with Gasteiger partial charge in [-0.3, -0.25) is 9.59 Å². The third-order valence-corrected chi connectivity index (χ3v) is 4.00. The second-order valence-corrected chi connectivity index (χ2v) is 5.92. The molecule has 0 radical (unpaired) electrons. The number of Topliss-reactive ketones (excluding diaryl/α,β-unsaturated/α-hetero) is 1. The number of carbonyl (C=O) groups excluding carboxylic acids is 2. The minimum Gasteiger partial charge on any atom is -0.497 e. The van der Waals surface area contributed by atoms with Gasteiger partial charge in [0.2, 0.25) is 0 Å². The number of anilines is 1. The topological polar surface area (TPSA) is 91.2 Å². The molecule has 0 bridgehead atoms. The first-order chi connectivity index (χ1) is 12.9. The van der Waals surface area contributed by atoms with Gasteiger partial charge in [-0.05, 0) is 55.8 Å². The molecule has 6 nitrogen and oxygen atoms in total. The second kappa shape index (κ2) is 9.20. The molecule has 1 unspecified atom stereocenters. The number of methoxy groups -OCH3 is 1. The molecule has 0 aliphatic heterocycles. The summed E-state index contributed by atoms with van der Waals surface area (Å²) in [5, 5.41) is 15.0. The number of nitriles is 1. The molecule has 27 heavy (non-hydrogen) atoms. The summed E-state index contributed by atoms with van der Waals surface area (Å²) < 4.78 is 5.11. The van der Waals surface area contributed by atoms with Gasteiger partial charge in [-0.15, -0.1) is 0 Å². The van der Waals surface area contributed by atoms with Gasteiger partial charge in [0.05, 0.1) is 13.2 Å². The average Bonchev–Trinajstić information content (AvgIpc) is 2.68. The van der Waals surface area contributed by atoms with E-state index in [1.54, 1.807) is 31.4 Å². The molecule has 1 amide bonds. The van der Waals surface area contributed by atoms with Crippen molar-refractivity contribution < 1.29 is 14.3 Å². The van der Waals surface area contributed by atoms with Crippen LogP contribution in [0, 0.1) is 11.3 Å². The third-order valence-electron chi connectivity index (χ3n) is 4.00. The van der Waals surface area contributed by atoms with E-state index in [9.17, 15) is 14.9 Å². The summed E-state index contributed by atoms with van der Waals surface area (Å²) in [4.78, 5) is 23.6. The standard InChI is InChI=1S/C21H21N3O3/c1-14(16-6-10-20(27-3)11-7-16)24-21(26)18(12-22)13-23-19-8-4-17(5-9-19)15(2)25/h4-11,13-14,23H,1-3H3,(H,24,26)/b18-13-. The first-order valence-corrected chi connectivity index (χ1v) is 8.37. The van der Waals surface area contributed by atoms with Gasteiger partial charge in [-0.25, -0.2) is 0 Å². The normalized spacial score (nSPS) is 11.9. The number of ether oxygens (including phenoxy) is 1. The van der Waals surface area contributed by atoms with Crippen molar-refractivity contribution in [2.45, 2.75) is 19.9 Å². The Bertz CT molecular complexity index is 878. The first-order valence-electron chi connectivity index (χ1n) is 8.37. The van der Waals surface area contributed by atoms with E-state index in [-0.39, 0.29) is 17.4 Å². The summed E-state index contributed by atoms with van der Waals surface area (Å²) >= 11 is 0. The zero-order valence-corrected chi connectivity index (χ0v) is 15.4. The quantitative estimate of drug-likeness (QED) is 0.446. The van der Waals surface area contributed by atoms with Gasteiger partial charge in [0.1, 0.15) is 17.4 Å². The van der Waals surface area contributed by atoms with Crippen molar-refractivity contribution in [3.8, 4) is 11.8 Å². The zero-order chi connectivity index (χ0) is 19.8. The average molecular weight is 363 g/mol. The van der Waals surface area contributed by atoms with Gasteiger partial charge >= 0.3 is 0 Å². The number of ketones is 1. The minimum atomic E-state index is -0.478. The van der Waals surface area contributed by atoms with Gasteiger partial charge in [0.25, 0.3) is 5.91 Å². The van der Waals surface area contributed by atoms with Crippen LogP contribution in [0.2, 0.25) is 0 Å². The monoisotopic (exact) mass is 363 g/mol. The Morgan fingerprint density at radius 2 is 1.74 bits per heavy atom. The van der Waals surface area contributed by atoms with Crippen LogP contribution in [-0.2, 0) is 4.79 Å². The van der Waals surface area contributed by atoms with Crippen LogP contribution in [-0.4, -0.2) is 18.8 Å². The van der Waals surface area contributed by atoms with E-state index in [1.165, 1.54) is 13.1 Å². The Hall–Kier alpha value is -3.59. The van der Waals surface area contributed by atoms with Crippen molar-refractivity contribution in [3.05, 3.63) is 71.4 Å². The molecule has 2 rings (SSSR count). The number of nitrogens with zero attached hydrogens (tertiary/aromatic N) is 1. The van der Waals surface area contributed by atoms with Crippen molar-refractivity contribution in [2.75, 3.05) is 12.4 Å². The number of nitrogens with one attached hydrogen (secondary N) is 2. The van der Waals surface area contributed by atoms with Gasteiger partial charge in [0, 0.05) is 17.5 Å². The molecular formula is C21H21N3O3. The molecule has 0 saturated heterocycles. The number of amides is 1. The molecule has 2 N–H and O–H groups in total. The van der Waals surface area contributed by atoms with Crippen molar-refractivity contribution in [2.24, 2.45) is 0 Å². The molecular weight excluding hydrogens is 342 g/mol. The van der Waals surface area contributed by atoms with Gasteiger partial charge in [-0.2, -0.15) is 5.26 Å². The highest BCUT2D eigenvalue weighted by atomic mass is 16.5. The number of carbonyl (C=O) groups is 2. The molecule has 0 aromatic heterocycles. The van der Waals surface area contributed by atoms with E-state index in [0.717, 1.165) is 11.3 Å². The zero-order valence-electron chi connectivity index (χ0n) is 15.4. The summed E-state index contributed by atoms with van der Waals surface area (Å²) in [6.45, 7) is 3.33. The molecule has 0 saturated carbocycles. The summed E-state index contributed by atoms with van der Waals surface area (Å²) in [6, 6.07) is 15.7. The van der Waals surface area contributed by atoms with E-state index in [1.807, 2.05) is 37.3 Å². The van der Waals surface area contributed by atoms with Crippen molar-refractivity contribution >= 4 is 17.4 Å². The molecule has 138 valence electrons. The fraction of sp³-hybridized carbons (Fsp3) is 0.190. The Balaban J connectivity index is 2.02. The SMILES string of the molecule is COc1ccc(C(C)NC(=O)/C(C#N)=C\Nc2ccc(C(C)=O)cc2)cc1. The van der Waals surface area contributed by atoms with E-state index in [2.05, 4.69) is 10.6 Å². The summed E-state index contributed by atoms with van der Waals surface area (Å²) in [6.07, 6.45) is 1.35. The maximum atomic E-state index is 12.3. The first kappa shape index (κ1) is 19.7. The van der Waals surface area contributed by atoms with Crippen LogP contribution in [0.1, 0.15) is 35.8 Å². The summed E-state index contributed by atoms with van der Waals surface area (Å²) in [5.41, 5.74) is 2.11. The molecule has 0 spiro atoms. The van der Waals surface area contributed by atoms with Crippen LogP contribution < -0.4 is 15.4 Å². The molecule has 1 atom stereocenters. The van der Waals surface area contributed by atoms with Crippen LogP contribution in [0.15, 0.2) is 60.3 Å². The maximum absolute atomic E-state index is 12.3. The van der Waals surface area contributed by atoms with E-state index >= 15 is 0 Å². The molecule has 0 aliphatic carbocycles. The lowest BCUT2D eigenvalue weighted by Crippen LogP contribution is -2.28. The lowest BCUT2D eigenvalue weighted by Gasteiger charge is -2.14. The van der Waals surface area contributed by atoms with Gasteiger partial charge in [0.15, 0.2) is 5.78 Å². The summed E-state index contributed by atoms with van der Waals surface area (Å²) in [5.74, 6) is 0.227. The number of hydrogen-bond acceptors (Lipinski definition) is 5. The minimum absolute atomic E-state index is 0.0262. The largest absolute Gasteiger partial charge is 0.497 e. The van der Waals surface area contributed by atoms with E-state index < -0.39 is 5.91 Å². The van der Waals surface area contributed by atoms with Crippen LogP contribution in [0.5, 0.6) is 5.75 Å². The second-order valence-electron chi connectivity index (χ2n) is 5.92. The Kier molecular flexibility index (Phi) is 6.73. The third kappa shape index (κ3) is 5.44. The maximum Gasteiger partial charge on any atom is 0.263 e. The van der Waals surface area contributed by atoms with Crippen LogP contribution >= 0.6 is 0 Å². The van der Waals surface area contributed by atoms with E-state index in [0.29, 0.717) is 11.3 Å². The highest BCUT2D eigenvalue weighted by molar-refractivity contribution is 5.98. The lowest BCUT2D eigenvalue weighted by molar-refractivity contribution is -0.117. The molecule has 2 aromatic rings. The highest BCUT2D eigenvalue weighted by Crippen LogP contribution is 2.17. The molecule has 0 heterocycles. The van der Waals surface area contributed by atoms with Gasteiger partial charge in [-0.1, -0.05) is 12.1 Å². The Morgan fingerprint density at radius 1 is 1.11 bits per heavy atom. The fourth-order valence-corrected chi connectivity index (χ4v) is 2.36. The Morgan fingerprint density at radius 3 is 2.26 bits per heavy atom. The van der Waals surface area contributed by atoms with Crippen molar-refractivity contribution in [1.82, 2.24) is 5.32 Å². The van der Waals surface area contributed by atoms with Crippen molar-refractivity contribution in [3.63, 3.8) is 0 Å². The number of benzene rings is 2. The predicted octanol–water partition coefficient (Wildman–Crippen LogP) is 3.59. The van der Waals surface area contributed by atoms with Crippen LogP contribution in [0.25, 0.3) is 0 Å². The van der Waals surface area contributed by atoms with Crippen molar-refractivity contribution in [1.29, 1.82) is 5.26 Å². The lowest BCUT2D eigenvalue weighted by atomic mass is 10.1. The van der Waals surface area contributed by atoms with Crippen LogP contribution in [0.3, 0.4) is 0 Å². The number of hydrogen-bond donors (Lipinski definition) is 2. The molecule has 2 aromatic carbocycles. The molecule has 0 aliphatic rings. The predicted molar refractivity (Wildman–Crippen MR) is 103 cm³/mol. The highest BCUT2D eigenvalue weighted by Gasteiger charge is 2.14. The summed E-state index contributed by atoms with van der Waals surface area (Å²) in [7, 11) is 1.59. The molecule has 6 heteroatoms. The fourth-order valence-electron chi connectivity index (χ4n) is 2.36. The van der Waals surface area contributed by atoms with Gasteiger partial charge < -0.3 is 15.4 Å².